The van der Waals surface area contributed by atoms with Crippen molar-refractivity contribution in [3.8, 4) is 0 Å². The SMILES string of the molecule is CN(Cn1nnc(C(F)([N+](=O)[O-])[N+](=O)[O-])n1)[N+](=O)[O-]. The Morgan fingerprint density at radius 1 is 1.32 bits per heavy atom. The van der Waals surface area contributed by atoms with Gasteiger partial charge in [-0.1, -0.05) is 9.49 Å². The van der Waals surface area contributed by atoms with Crippen LogP contribution in [0.25, 0.3) is 0 Å². The van der Waals surface area contributed by atoms with Crippen molar-refractivity contribution in [3.05, 3.63) is 36.2 Å². The monoisotopic (exact) mass is 280 g/mol. The summed E-state index contributed by atoms with van der Waals surface area (Å²) in [6, 6.07) is 0. The highest BCUT2D eigenvalue weighted by Gasteiger charge is 2.65. The van der Waals surface area contributed by atoms with Crippen LogP contribution in [0, 0.1) is 30.3 Å². The van der Waals surface area contributed by atoms with Crippen LogP contribution in [-0.2, 0) is 12.6 Å². The van der Waals surface area contributed by atoms with E-state index < -0.39 is 33.3 Å². The number of halogens is 1. The zero-order valence-electron chi connectivity index (χ0n) is 9.11. The van der Waals surface area contributed by atoms with Crippen LogP contribution in [0.4, 0.5) is 4.39 Å². The van der Waals surface area contributed by atoms with Crippen molar-refractivity contribution < 1.29 is 19.3 Å². The molecule has 0 saturated carbocycles. The predicted molar refractivity (Wildman–Crippen MR) is 49.3 cm³/mol. The van der Waals surface area contributed by atoms with E-state index >= 15 is 0 Å². The number of alkyl halides is 1. The number of hydrogen-bond acceptors (Lipinski definition) is 9. The Labute approximate surface area is 101 Å². The molecule has 19 heavy (non-hydrogen) atoms. The van der Waals surface area contributed by atoms with Gasteiger partial charge >= 0.3 is 11.7 Å². The molecule has 104 valence electrons. The molecule has 0 aliphatic heterocycles. The quantitative estimate of drug-likeness (QED) is 0.254. The van der Waals surface area contributed by atoms with Crippen LogP contribution in [0.2, 0.25) is 0 Å². The lowest BCUT2D eigenvalue weighted by Crippen LogP contribution is -2.40. The van der Waals surface area contributed by atoms with Gasteiger partial charge < -0.3 is 0 Å². The summed E-state index contributed by atoms with van der Waals surface area (Å²) in [5.74, 6) is -5.69. The maximum absolute atomic E-state index is 13.6. The number of aromatic nitrogens is 4. The van der Waals surface area contributed by atoms with Gasteiger partial charge in [-0.3, -0.25) is 20.2 Å². The molecule has 0 radical (unpaired) electrons. The summed E-state index contributed by atoms with van der Waals surface area (Å²) in [5.41, 5.74) is 0. The molecule has 0 bridgehead atoms. The topological polar surface area (TPSA) is 176 Å². The summed E-state index contributed by atoms with van der Waals surface area (Å²) in [5, 5.41) is 39.5. The molecular formula is C4H5FN8O6. The molecule has 1 aromatic heterocycles. The molecule has 0 atom stereocenters. The Bertz CT molecular complexity index is 515. The van der Waals surface area contributed by atoms with Crippen LogP contribution in [0.15, 0.2) is 0 Å². The van der Waals surface area contributed by atoms with Crippen LogP contribution >= 0.6 is 0 Å². The first-order valence-electron chi connectivity index (χ1n) is 4.31. The molecule has 1 aromatic rings. The molecule has 1 heterocycles. The van der Waals surface area contributed by atoms with Crippen molar-refractivity contribution in [1.29, 1.82) is 0 Å². The fourth-order valence-electron chi connectivity index (χ4n) is 0.895. The minimum Gasteiger partial charge on any atom is -0.256 e. The maximum atomic E-state index is 13.6. The van der Waals surface area contributed by atoms with Crippen LogP contribution in [0.1, 0.15) is 5.82 Å². The minimum absolute atomic E-state index is 0.402. The first-order chi connectivity index (χ1) is 8.69. The van der Waals surface area contributed by atoms with Crippen molar-refractivity contribution in [1.82, 2.24) is 25.2 Å². The fraction of sp³-hybridized carbons (Fsp3) is 0.750. The van der Waals surface area contributed by atoms with Crippen molar-refractivity contribution in [2.75, 3.05) is 7.05 Å². The summed E-state index contributed by atoms with van der Waals surface area (Å²) >= 11 is 0. The van der Waals surface area contributed by atoms with E-state index in [2.05, 4.69) is 15.4 Å². The van der Waals surface area contributed by atoms with Crippen LogP contribution in [0.5, 0.6) is 0 Å². The van der Waals surface area contributed by atoms with Gasteiger partial charge in [0, 0.05) is 0 Å². The van der Waals surface area contributed by atoms with E-state index in [1.165, 1.54) is 0 Å². The van der Waals surface area contributed by atoms with Gasteiger partial charge in [-0.2, -0.15) is 0 Å². The van der Waals surface area contributed by atoms with Gasteiger partial charge in [-0.15, -0.1) is 14.9 Å². The number of hydrazine groups is 1. The zero-order valence-corrected chi connectivity index (χ0v) is 9.11. The standard InChI is InChI=1S/C4H5FN8O6/c1-9(13(18)19)2-10-7-3(6-8-10)4(5,11(14)15)12(16)17/h2H2,1H3. The molecule has 0 spiro atoms. The van der Waals surface area contributed by atoms with Gasteiger partial charge in [-0.25, -0.2) is 10.1 Å². The molecule has 0 fully saturated rings. The van der Waals surface area contributed by atoms with E-state index in [1.54, 1.807) is 0 Å². The second kappa shape index (κ2) is 4.70. The van der Waals surface area contributed by atoms with E-state index in [0.717, 1.165) is 7.05 Å². The molecule has 14 nitrogen and oxygen atoms in total. The normalized spacial score (nSPS) is 11.1. The third-order valence-electron chi connectivity index (χ3n) is 1.83. The first kappa shape index (κ1) is 14.1. The molecule has 0 aromatic carbocycles. The summed E-state index contributed by atoms with van der Waals surface area (Å²) in [6.45, 7) is -0.633. The highest BCUT2D eigenvalue weighted by Crippen LogP contribution is 2.23. The lowest BCUT2D eigenvalue weighted by molar-refractivity contribution is -0.847. The van der Waals surface area contributed by atoms with Crippen molar-refractivity contribution >= 4 is 0 Å². The Hall–Kier alpha value is -3.00. The lowest BCUT2D eigenvalue weighted by Gasteiger charge is -2.05. The summed E-state index contributed by atoms with van der Waals surface area (Å²) < 4.78 is 13.6. The molecule has 0 saturated heterocycles. The molecular weight excluding hydrogens is 275 g/mol. The molecule has 0 aliphatic rings. The van der Waals surface area contributed by atoms with E-state index in [1.807, 2.05) is 0 Å². The molecule has 0 aliphatic carbocycles. The Balaban J connectivity index is 3.04. The number of rotatable bonds is 6. The van der Waals surface area contributed by atoms with Crippen molar-refractivity contribution in [2.45, 2.75) is 12.6 Å². The lowest BCUT2D eigenvalue weighted by atomic mass is 10.4. The van der Waals surface area contributed by atoms with E-state index in [9.17, 15) is 34.7 Å². The van der Waals surface area contributed by atoms with Crippen LogP contribution in [-0.4, -0.2) is 47.1 Å². The average molecular weight is 280 g/mol. The second-order valence-electron chi connectivity index (χ2n) is 3.12. The Morgan fingerprint density at radius 3 is 2.26 bits per heavy atom. The molecule has 0 amide bonds. The van der Waals surface area contributed by atoms with Crippen LogP contribution in [0.3, 0.4) is 0 Å². The van der Waals surface area contributed by atoms with Gasteiger partial charge in [-0.05, 0) is 5.21 Å². The summed E-state index contributed by atoms with van der Waals surface area (Å²) in [7, 11) is 1.01. The highest BCUT2D eigenvalue weighted by atomic mass is 19.2. The third-order valence-corrected chi connectivity index (χ3v) is 1.83. The third kappa shape index (κ3) is 2.48. The maximum Gasteiger partial charge on any atom is 0.681 e. The Kier molecular flexibility index (Phi) is 3.48. The summed E-state index contributed by atoms with van der Waals surface area (Å²) in [6.07, 6.45) is 0. The van der Waals surface area contributed by atoms with Gasteiger partial charge in [0.1, 0.15) is 9.85 Å². The zero-order chi connectivity index (χ0) is 14.8. The number of tetrazole rings is 1. The van der Waals surface area contributed by atoms with E-state index in [0.29, 0.717) is 9.81 Å². The van der Waals surface area contributed by atoms with Gasteiger partial charge in [0.2, 0.25) is 0 Å². The molecule has 1 rings (SSSR count). The van der Waals surface area contributed by atoms with E-state index in [-0.39, 0.29) is 0 Å². The van der Waals surface area contributed by atoms with Crippen molar-refractivity contribution in [3.63, 3.8) is 0 Å². The van der Waals surface area contributed by atoms with Crippen molar-refractivity contribution in [2.24, 2.45) is 0 Å². The van der Waals surface area contributed by atoms with Gasteiger partial charge in [0.05, 0.1) is 7.05 Å². The average Bonchev–Trinajstić information content (AvgIpc) is 2.75. The first-order valence-corrected chi connectivity index (χ1v) is 4.31. The molecule has 0 unspecified atom stereocenters. The Morgan fingerprint density at radius 2 is 1.84 bits per heavy atom. The van der Waals surface area contributed by atoms with Gasteiger partial charge in [0.15, 0.2) is 11.7 Å². The minimum atomic E-state index is -4.26. The number of hydrogen-bond donors (Lipinski definition) is 0. The second-order valence-corrected chi connectivity index (χ2v) is 3.12. The largest absolute Gasteiger partial charge is 0.681 e. The van der Waals surface area contributed by atoms with Crippen LogP contribution < -0.4 is 0 Å². The summed E-state index contributed by atoms with van der Waals surface area (Å²) in [4.78, 5) is 27.7. The number of nitrogens with zero attached hydrogens (tertiary/aromatic N) is 8. The fourth-order valence-corrected chi connectivity index (χ4v) is 0.895. The molecule has 15 heteroatoms. The van der Waals surface area contributed by atoms with E-state index in [4.69, 9.17) is 0 Å². The highest BCUT2D eigenvalue weighted by molar-refractivity contribution is 4.83. The van der Waals surface area contributed by atoms with Gasteiger partial charge in [0.25, 0.3) is 0 Å². The predicted octanol–water partition coefficient (Wildman–Crippen LogP) is -1.61. The molecule has 0 N–H and O–H groups in total. The number of nitro groups is 3. The smallest absolute Gasteiger partial charge is 0.256 e.